The predicted molar refractivity (Wildman–Crippen MR) is 68.7 cm³/mol. The maximum atomic E-state index is 4.61. The number of guanidine groups is 1. The fraction of sp³-hybridized carbons (Fsp3) is 0.923. The van der Waals surface area contributed by atoms with E-state index in [-0.39, 0.29) is 0 Å². The first kappa shape index (κ1) is 11.7. The first-order valence-electron chi connectivity index (χ1n) is 6.36. The highest BCUT2D eigenvalue weighted by Crippen LogP contribution is 2.39. The summed E-state index contributed by atoms with van der Waals surface area (Å²) in [6.45, 7) is 17.3. The number of hydrogen-bond acceptors (Lipinski definition) is 3. The lowest BCUT2D eigenvalue weighted by Crippen LogP contribution is -2.43. The highest BCUT2D eigenvalue weighted by Gasteiger charge is 2.38. The van der Waals surface area contributed by atoms with Crippen molar-refractivity contribution in [3.8, 4) is 0 Å². The van der Waals surface area contributed by atoms with Crippen molar-refractivity contribution in [2.75, 3.05) is 32.7 Å². The van der Waals surface area contributed by atoms with Crippen LogP contribution in [0.15, 0.2) is 4.99 Å². The second kappa shape index (κ2) is 3.64. The Kier molecular flexibility index (Phi) is 2.67. The van der Waals surface area contributed by atoms with Crippen molar-refractivity contribution in [3.63, 3.8) is 0 Å². The molecule has 1 saturated heterocycles. The second-order valence-electron chi connectivity index (χ2n) is 6.72. The van der Waals surface area contributed by atoms with E-state index in [1.165, 1.54) is 12.5 Å². The van der Waals surface area contributed by atoms with Gasteiger partial charge in [-0.15, -0.1) is 0 Å². The molecular formula is C13H25N3. The molecule has 0 spiro atoms. The third-order valence-electron chi connectivity index (χ3n) is 4.45. The average molecular weight is 223 g/mol. The van der Waals surface area contributed by atoms with Gasteiger partial charge in [-0.25, -0.2) is 0 Å². The molecule has 2 heterocycles. The minimum atomic E-state index is 0.314. The molecule has 0 N–H and O–H groups in total. The summed E-state index contributed by atoms with van der Waals surface area (Å²) in [5, 5.41) is 0. The van der Waals surface area contributed by atoms with Crippen LogP contribution in [0.5, 0.6) is 0 Å². The van der Waals surface area contributed by atoms with Gasteiger partial charge in [0, 0.05) is 26.2 Å². The zero-order valence-electron chi connectivity index (χ0n) is 11.4. The lowest BCUT2D eigenvalue weighted by atomic mass is 9.69. The van der Waals surface area contributed by atoms with Gasteiger partial charge in [0.05, 0.1) is 6.54 Å². The van der Waals surface area contributed by atoms with Crippen molar-refractivity contribution >= 4 is 5.96 Å². The molecule has 0 radical (unpaired) electrons. The molecule has 0 aromatic rings. The second-order valence-corrected chi connectivity index (χ2v) is 6.72. The summed E-state index contributed by atoms with van der Waals surface area (Å²) in [6.07, 6.45) is 0. The smallest absolute Gasteiger partial charge is 0.196 e. The highest BCUT2D eigenvalue weighted by molar-refractivity contribution is 5.83. The molecule has 2 rings (SSSR count). The standard InChI is InChI=1S/C13H25N3/c1-12(2,3)13(4,5)10-16-9-8-15-7-6-14-11(15)16/h6-10H2,1-5H3. The predicted octanol–water partition coefficient (Wildman–Crippen LogP) is 2.05. The van der Waals surface area contributed by atoms with Crippen LogP contribution in [0.3, 0.4) is 0 Å². The van der Waals surface area contributed by atoms with Gasteiger partial charge < -0.3 is 9.80 Å². The van der Waals surface area contributed by atoms with Gasteiger partial charge >= 0.3 is 0 Å². The van der Waals surface area contributed by atoms with Crippen LogP contribution in [-0.4, -0.2) is 48.5 Å². The van der Waals surface area contributed by atoms with Gasteiger partial charge in [0.2, 0.25) is 0 Å². The van der Waals surface area contributed by atoms with Gasteiger partial charge in [-0.2, -0.15) is 0 Å². The molecule has 0 aromatic heterocycles. The minimum Gasteiger partial charge on any atom is -0.341 e. The zero-order valence-corrected chi connectivity index (χ0v) is 11.4. The van der Waals surface area contributed by atoms with Crippen LogP contribution < -0.4 is 0 Å². The summed E-state index contributed by atoms with van der Waals surface area (Å²) < 4.78 is 0. The summed E-state index contributed by atoms with van der Waals surface area (Å²) in [7, 11) is 0. The van der Waals surface area contributed by atoms with E-state index in [4.69, 9.17) is 0 Å². The number of nitrogens with zero attached hydrogens (tertiary/aromatic N) is 3. The van der Waals surface area contributed by atoms with Gasteiger partial charge in [-0.05, 0) is 10.8 Å². The lowest BCUT2D eigenvalue weighted by molar-refractivity contribution is 0.101. The van der Waals surface area contributed by atoms with Crippen LogP contribution in [0, 0.1) is 10.8 Å². The molecule has 0 bridgehead atoms. The van der Waals surface area contributed by atoms with Gasteiger partial charge in [-0.1, -0.05) is 34.6 Å². The maximum Gasteiger partial charge on any atom is 0.196 e. The molecule has 0 saturated carbocycles. The first-order valence-corrected chi connectivity index (χ1v) is 6.36. The van der Waals surface area contributed by atoms with Crippen molar-refractivity contribution in [3.05, 3.63) is 0 Å². The molecule has 0 atom stereocenters. The van der Waals surface area contributed by atoms with Crippen molar-refractivity contribution in [1.29, 1.82) is 0 Å². The molecule has 0 unspecified atom stereocenters. The highest BCUT2D eigenvalue weighted by atomic mass is 15.5. The Hall–Kier alpha value is -0.730. The van der Waals surface area contributed by atoms with Crippen LogP contribution in [0.4, 0.5) is 0 Å². The summed E-state index contributed by atoms with van der Waals surface area (Å²) in [6, 6.07) is 0. The van der Waals surface area contributed by atoms with Crippen LogP contribution >= 0.6 is 0 Å². The Labute approximate surface area is 99.5 Å². The Balaban J connectivity index is 2.06. The zero-order chi connectivity index (χ0) is 12.0. The molecular weight excluding hydrogens is 198 g/mol. The summed E-state index contributed by atoms with van der Waals surface area (Å²) >= 11 is 0. The van der Waals surface area contributed by atoms with Crippen molar-refractivity contribution in [2.45, 2.75) is 34.6 Å². The molecule has 0 aliphatic carbocycles. The Morgan fingerprint density at radius 3 is 2.38 bits per heavy atom. The van der Waals surface area contributed by atoms with Crippen LogP contribution in [0.25, 0.3) is 0 Å². The molecule has 1 fully saturated rings. The van der Waals surface area contributed by atoms with Crippen molar-refractivity contribution in [1.82, 2.24) is 9.80 Å². The van der Waals surface area contributed by atoms with E-state index in [2.05, 4.69) is 49.4 Å². The van der Waals surface area contributed by atoms with Crippen molar-refractivity contribution in [2.24, 2.45) is 15.8 Å². The Morgan fingerprint density at radius 2 is 1.75 bits per heavy atom. The van der Waals surface area contributed by atoms with E-state index in [0.717, 1.165) is 26.2 Å². The van der Waals surface area contributed by atoms with E-state index >= 15 is 0 Å². The number of aliphatic imine (C=N–C) groups is 1. The molecule has 0 aromatic carbocycles. The van der Waals surface area contributed by atoms with Gasteiger partial charge in [-0.3, -0.25) is 4.99 Å². The fourth-order valence-corrected chi connectivity index (χ4v) is 2.19. The number of hydrogen-bond donors (Lipinski definition) is 0. The largest absolute Gasteiger partial charge is 0.341 e. The van der Waals surface area contributed by atoms with Crippen LogP contribution in [-0.2, 0) is 0 Å². The molecule has 2 aliphatic heterocycles. The Morgan fingerprint density at radius 1 is 1.06 bits per heavy atom. The van der Waals surface area contributed by atoms with E-state index in [1.807, 2.05) is 0 Å². The third kappa shape index (κ3) is 1.92. The molecule has 16 heavy (non-hydrogen) atoms. The summed E-state index contributed by atoms with van der Waals surface area (Å²) in [4.78, 5) is 9.50. The van der Waals surface area contributed by atoms with Gasteiger partial charge in [0.1, 0.15) is 0 Å². The van der Waals surface area contributed by atoms with E-state index < -0.39 is 0 Å². The third-order valence-corrected chi connectivity index (χ3v) is 4.45. The minimum absolute atomic E-state index is 0.314. The van der Waals surface area contributed by atoms with Crippen LogP contribution in [0.1, 0.15) is 34.6 Å². The molecule has 92 valence electrons. The lowest BCUT2D eigenvalue weighted by Gasteiger charge is -2.41. The normalized spacial score (nSPS) is 21.4. The first-order chi connectivity index (χ1) is 7.31. The SMILES string of the molecule is CC(C)(C)C(C)(C)CN1CCN2CCN=C21. The monoisotopic (exact) mass is 223 g/mol. The molecule has 0 amide bonds. The Bertz CT molecular complexity index is 299. The van der Waals surface area contributed by atoms with Crippen molar-refractivity contribution < 1.29 is 0 Å². The maximum absolute atomic E-state index is 4.61. The summed E-state index contributed by atoms with van der Waals surface area (Å²) in [5.41, 5.74) is 0.647. The fourth-order valence-electron chi connectivity index (χ4n) is 2.19. The van der Waals surface area contributed by atoms with Crippen LogP contribution in [0.2, 0.25) is 0 Å². The van der Waals surface area contributed by atoms with E-state index in [1.54, 1.807) is 0 Å². The topological polar surface area (TPSA) is 18.8 Å². The average Bonchev–Trinajstić information content (AvgIpc) is 2.67. The molecule has 2 aliphatic rings. The van der Waals surface area contributed by atoms with Gasteiger partial charge in [0.25, 0.3) is 0 Å². The number of fused-ring (bicyclic) bond motifs is 1. The quantitative estimate of drug-likeness (QED) is 0.713. The van der Waals surface area contributed by atoms with Gasteiger partial charge in [0.15, 0.2) is 5.96 Å². The molecule has 3 heteroatoms. The van der Waals surface area contributed by atoms with E-state index in [0.29, 0.717) is 10.8 Å². The number of rotatable bonds is 2. The van der Waals surface area contributed by atoms with E-state index in [9.17, 15) is 0 Å². The molecule has 3 nitrogen and oxygen atoms in total. The summed E-state index contributed by atoms with van der Waals surface area (Å²) in [5.74, 6) is 1.25.